The van der Waals surface area contributed by atoms with Gasteiger partial charge in [-0.25, -0.2) is 13.9 Å². The molecule has 24 heavy (non-hydrogen) atoms. The van der Waals surface area contributed by atoms with Crippen LogP contribution in [0.1, 0.15) is 51.3 Å². The number of amides is 3. The summed E-state index contributed by atoms with van der Waals surface area (Å²) in [6.45, 7) is 7.32. The Labute approximate surface area is 142 Å². The summed E-state index contributed by atoms with van der Waals surface area (Å²) in [6.07, 6.45) is 6.69. The first-order valence-electron chi connectivity index (χ1n) is 8.80. The van der Waals surface area contributed by atoms with Crippen molar-refractivity contribution in [3.63, 3.8) is 0 Å². The molecule has 1 atom stereocenters. The van der Waals surface area contributed by atoms with Crippen LogP contribution in [0.25, 0.3) is 0 Å². The smallest absolute Gasteiger partial charge is 0.270 e. The number of aryl methyl sites for hydroxylation is 1. The van der Waals surface area contributed by atoms with E-state index in [9.17, 15) is 9.59 Å². The molecular formula is C17H26N5O2+. The molecule has 2 aliphatic heterocycles. The summed E-state index contributed by atoms with van der Waals surface area (Å²) in [7, 11) is 1.69. The number of rotatable bonds is 6. The van der Waals surface area contributed by atoms with Crippen LogP contribution in [0, 0.1) is 6.92 Å². The molecule has 1 aromatic rings. The van der Waals surface area contributed by atoms with Crippen molar-refractivity contribution in [2.75, 3.05) is 13.6 Å². The maximum Gasteiger partial charge on any atom is 0.401 e. The van der Waals surface area contributed by atoms with Crippen molar-refractivity contribution in [1.29, 1.82) is 0 Å². The summed E-state index contributed by atoms with van der Waals surface area (Å²) >= 11 is 0. The van der Waals surface area contributed by atoms with Crippen molar-refractivity contribution in [2.45, 2.75) is 59.0 Å². The monoisotopic (exact) mass is 332 g/mol. The molecule has 3 amide bonds. The van der Waals surface area contributed by atoms with Crippen molar-refractivity contribution in [3.05, 3.63) is 11.9 Å². The fourth-order valence-electron chi connectivity index (χ4n) is 3.49. The summed E-state index contributed by atoms with van der Waals surface area (Å²) in [4.78, 5) is 32.5. The van der Waals surface area contributed by atoms with E-state index in [4.69, 9.17) is 0 Å². The number of aromatic nitrogens is 2. The van der Waals surface area contributed by atoms with E-state index in [-0.39, 0.29) is 11.9 Å². The highest BCUT2D eigenvalue weighted by molar-refractivity contribution is 6.19. The zero-order valence-corrected chi connectivity index (χ0v) is 14.9. The Hall–Kier alpha value is -2.18. The topological polar surface area (TPSA) is 61.8 Å². The number of aliphatic imine (C=N–C) groups is 1. The number of imidazole rings is 1. The standard InChI is InChI=1S/C17H26N5O2/c1-5-7-8-9-10-21-12(3)11-22-13-14(18-16(21)22)19(4)17(24)20(6-2)15(13)23/h11,13H,5-10H2,1-4H3/q+1. The molecule has 2 aliphatic rings. The Kier molecular flexibility index (Phi) is 4.43. The van der Waals surface area contributed by atoms with Crippen molar-refractivity contribution in [2.24, 2.45) is 4.99 Å². The molecule has 0 bridgehead atoms. The van der Waals surface area contributed by atoms with E-state index in [2.05, 4.69) is 16.5 Å². The van der Waals surface area contributed by atoms with Gasteiger partial charge in [0.25, 0.3) is 5.91 Å². The van der Waals surface area contributed by atoms with Crippen LogP contribution in [0.5, 0.6) is 0 Å². The highest BCUT2D eigenvalue weighted by Gasteiger charge is 2.52. The molecule has 0 saturated carbocycles. The minimum Gasteiger partial charge on any atom is -0.270 e. The Balaban J connectivity index is 1.93. The van der Waals surface area contributed by atoms with Crippen LogP contribution < -0.4 is 4.57 Å². The number of carbonyl (C=O) groups excluding carboxylic acids is 2. The second-order valence-corrected chi connectivity index (χ2v) is 6.49. The van der Waals surface area contributed by atoms with Crippen molar-refractivity contribution >= 4 is 23.7 Å². The van der Waals surface area contributed by atoms with Crippen molar-refractivity contribution < 1.29 is 14.2 Å². The SMILES string of the molecule is CCCCCCn1c(C)c[n+]2c1N=C1C2C(=O)N(CC)C(=O)N1C. The maximum atomic E-state index is 12.7. The van der Waals surface area contributed by atoms with Crippen LogP contribution in [-0.2, 0) is 11.3 Å². The summed E-state index contributed by atoms with van der Waals surface area (Å²) in [5, 5.41) is 0. The summed E-state index contributed by atoms with van der Waals surface area (Å²) in [6, 6.07) is -0.812. The molecule has 1 aromatic heterocycles. The zero-order valence-electron chi connectivity index (χ0n) is 14.9. The van der Waals surface area contributed by atoms with E-state index in [1.54, 1.807) is 7.05 Å². The largest absolute Gasteiger partial charge is 0.401 e. The fourth-order valence-corrected chi connectivity index (χ4v) is 3.49. The minimum absolute atomic E-state index is 0.189. The van der Waals surface area contributed by atoms with Crippen LogP contribution >= 0.6 is 0 Å². The van der Waals surface area contributed by atoms with Crippen LogP contribution in [0.15, 0.2) is 11.2 Å². The molecular weight excluding hydrogens is 306 g/mol. The summed E-state index contributed by atoms with van der Waals surface area (Å²) in [5.41, 5.74) is 1.10. The van der Waals surface area contributed by atoms with Gasteiger partial charge in [-0.2, -0.15) is 0 Å². The predicted molar refractivity (Wildman–Crippen MR) is 90.2 cm³/mol. The summed E-state index contributed by atoms with van der Waals surface area (Å²) in [5.74, 6) is 1.12. The number of carbonyl (C=O) groups is 2. The molecule has 1 saturated heterocycles. The number of fused-ring (bicyclic) bond motifs is 3. The lowest BCUT2D eigenvalue weighted by molar-refractivity contribution is -0.677. The van der Waals surface area contributed by atoms with Gasteiger partial charge < -0.3 is 0 Å². The lowest BCUT2D eigenvalue weighted by Crippen LogP contribution is -2.62. The molecule has 0 spiro atoms. The average Bonchev–Trinajstić information content (AvgIpc) is 3.06. The second kappa shape index (κ2) is 6.37. The number of unbranched alkanes of at least 4 members (excludes halogenated alkanes) is 3. The molecule has 7 nitrogen and oxygen atoms in total. The van der Waals surface area contributed by atoms with Gasteiger partial charge in [-0.1, -0.05) is 31.2 Å². The van der Waals surface area contributed by atoms with Gasteiger partial charge in [0, 0.05) is 13.6 Å². The van der Waals surface area contributed by atoms with Crippen LogP contribution in [-0.4, -0.2) is 45.7 Å². The number of urea groups is 1. The Bertz CT molecular complexity index is 706. The second-order valence-electron chi connectivity index (χ2n) is 6.49. The molecule has 1 fully saturated rings. The number of hydrogen-bond donors (Lipinski definition) is 0. The number of hydrogen-bond acceptors (Lipinski definition) is 3. The first-order valence-corrected chi connectivity index (χ1v) is 8.80. The molecule has 1 unspecified atom stereocenters. The minimum atomic E-state index is -0.516. The molecule has 3 rings (SSSR count). The van der Waals surface area contributed by atoms with E-state index in [1.165, 1.54) is 29.1 Å². The van der Waals surface area contributed by atoms with Gasteiger partial charge in [0.05, 0.1) is 6.54 Å². The molecule has 130 valence electrons. The van der Waals surface area contributed by atoms with Gasteiger partial charge in [0.1, 0.15) is 11.9 Å². The maximum absolute atomic E-state index is 12.7. The number of likely N-dealkylation sites (N-methyl/N-ethyl adjacent to an activating group) is 2. The third kappa shape index (κ3) is 2.42. The normalized spacial score (nSPS) is 19.7. The van der Waals surface area contributed by atoms with E-state index in [0.29, 0.717) is 12.4 Å². The Morgan fingerprint density at radius 1 is 1.21 bits per heavy atom. The third-order valence-electron chi connectivity index (χ3n) is 4.87. The van der Waals surface area contributed by atoms with E-state index in [0.717, 1.165) is 24.6 Å². The number of imide groups is 1. The number of nitrogens with zero attached hydrogens (tertiary/aromatic N) is 5. The van der Waals surface area contributed by atoms with Crippen LogP contribution in [0.4, 0.5) is 10.7 Å². The molecule has 0 aliphatic carbocycles. The van der Waals surface area contributed by atoms with E-state index >= 15 is 0 Å². The molecule has 7 heteroatoms. The Morgan fingerprint density at radius 3 is 2.62 bits per heavy atom. The lowest BCUT2D eigenvalue weighted by atomic mass is 10.1. The van der Waals surface area contributed by atoms with Gasteiger partial charge in [-0.15, -0.1) is 0 Å². The Morgan fingerprint density at radius 2 is 1.96 bits per heavy atom. The molecule has 3 heterocycles. The first kappa shape index (κ1) is 16.7. The first-order chi connectivity index (χ1) is 11.5. The highest BCUT2D eigenvalue weighted by Crippen LogP contribution is 2.29. The molecule has 0 aromatic carbocycles. The van der Waals surface area contributed by atoms with Crippen molar-refractivity contribution in [3.8, 4) is 0 Å². The van der Waals surface area contributed by atoms with Crippen LogP contribution in [0.3, 0.4) is 0 Å². The number of amidine groups is 1. The van der Waals surface area contributed by atoms with Gasteiger partial charge in [-0.3, -0.25) is 14.6 Å². The predicted octanol–water partition coefficient (Wildman–Crippen LogP) is 2.16. The van der Waals surface area contributed by atoms with Gasteiger partial charge in [0.15, 0.2) is 0 Å². The third-order valence-corrected chi connectivity index (χ3v) is 4.87. The zero-order chi connectivity index (χ0) is 17.4. The average molecular weight is 332 g/mol. The van der Waals surface area contributed by atoms with E-state index in [1.807, 2.05) is 24.6 Å². The molecule has 0 radical (unpaired) electrons. The van der Waals surface area contributed by atoms with Gasteiger partial charge in [0.2, 0.25) is 11.9 Å². The van der Waals surface area contributed by atoms with Gasteiger partial charge in [-0.05, 0) is 20.3 Å². The van der Waals surface area contributed by atoms with Gasteiger partial charge >= 0.3 is 12.0 Å². The van der Waals surface area contributed by atoms with E-state index < -0.39 is 6.04 Å². The molecule has 0 N–H and O–H groups in total. The van der Waals surface area contributed by atoms with Crippen molar-refractivity contribution in [1.82, 2.24) is 14.4 Å². The van der Waals surface area contributed by atoms with Crippen LogP contribution in [0.2, 0.25) is 0 Å². The highest BCUT2D eigenvalue weighted by atomic mass is 16.2. The lowest BCUT2D eigenvalue weighted by Gasteiger charge is -2.32. The quantitative estimate of drug-likeness (QED) is 0.592. The summed E-state index contributed by atoms with van der Waals surface area (Å²) < 4.78 is 4.07. The fraction of sp³-hybridized carbons (Fsp3) is 0.647.